The zero-order valence-corrected chi connectivity index (χ0v) is 15.3. The molecule has 0 aliphatic carbocycles. The molecule has 0 radical (unpaired) electrons. The number of carbonyl (C=O) groups excluding carboxylic acids is 1. The Morgan fingerprint density at radius 3 is 2.73 bits per heavy atom. The molecule has 0 unspecified atom stereocenters. The number of hydrogen-bond acceptors (Lipinski definition) is 5. The molecule has 1 aromatic carbocycles. The molecule has 0 N–H and O–H groups in total. The predicted octanol–water partition coefficient (Wildman–Crippen LogP) is 3.80. The van der Waals surface area contributed by atoms with E-state index in [1.807, 2.05) is 20.8 Å². The predicted molar refractivity (Wildman–Crippen MR) is 99.6 cm³/mol. The maximum absolute atomic E-state index is 12.8. The van der Waals surface area contributed by atoms with Crippen molar-refractivity contribution >= 4 is 22.6 Å². The summed E-state index contributed by atoms with van der Waals surface area (Å²) in [4.78, 5) is 37.8. The van der Waals surface area contributed by atoms with Crippen molar-refractivity contribution in [3.8, 4) is 0 Å². The normalized spacial score (nSPS) is 17.5. The van der Waals surface area contributed by atoms with Crippen molar-refractivity contribution in [1.82, 2.24) is 9.47 Å². The van der Waals surface area contributed by atoms with E-state index in [-0.39, 0.29) is 23.4 Å². The van der Waals surface area contributed by atoms with Gasteiger partial charge in [-0.2, -0.15) is 0 Å². The van der Waals surface area contributed by atoms with Crippen molar-refractivity contribution in [2.24, 2.45) is 5.18 Å². The molecule has 3 rings (SSSR count). The third-order valence-electron chi connectivity index (χ3n) is 4.51. The summed E-state index contributed by atoms with van der Waals surface area (Å²) in [5.74, 6) is 0. The molecule has 2 aromatic rings. The van der Waals surface area contributed by atoms with E-state index in [1.54, 1.807) is 39.9 Å². The second-order valence-corrected chi connectivity index (χ2v) is 7.57. The second-order valence-electron chi connectivity index (χ2n) is 7.57. The average Bonchev–Trinajstić information content (AvgIpc) is 3.04. The van der Waals surface area contributed by atoms with E-state index in [9.17, 15) is 14.5 Å². The number of ether oxygens (including phenoxy) is 1. The van der Waals surface area contributed by atoms with Gasteiger partial charge >= 0.3 is 6.09 Å². The number of benzene rings is 1. The van der Waals surface area contributed by atoms with Crippen molar-refractivity contribution in [1.29, 1.82) is 0 Å². The van der Waals surface area contributed by atoms with E-state index in [0.29, 0.717) is 23.9 Å². The fraction of sp³-hybridized carbons (Fsp3) is 0.474. The van der Waals surface area contributed by atoms with Crippen molar-refractivity contribution < 1.29 is 9.53 Å². The third kappa shape index (κ3) is 3.61. The molecule has 1 aromatic heterocycles. The monoisotopic (exact) mass is 357 g/mol. The zero-order chi connectivity index (χ0) is 18.9. The topological polar surface area (TPSA) is 81.0 Å². The van der Waals surface area contributed by atoms with E-state index in [1.165, 1.54) is 0 Å². The van der Waals surface area contributed by atoms with E-state index in [2.05, 4.69) is 5.18 Å². The number of amides is 1. The largest absolute Gasteiger partial charge is 0.444 e. The lowest BCUT2D eigenvalue weighted by atomic mass is 10.1. The first-order valence-electron chi connectivity index (χ1n) is 8.75. The van der Waals surface area contributed by atoms with Crippen molar-refractivity contribution in [2.45, 2.75) is 51.8 Å². The lowest BCUT2D eigenvalue weighted by Crippen LogP contribution is -2.42. The fourth-order valence-electron chi connectivity index (χ4n) is 3.34. The van der Waals surface area contributed by atoms with Gasteiger partial charge in [-0.1, -0.05) is 6.07 Å². The number of hydrogen-bond donors (Lipinski definition) is 0. The van der Waals surface area contributed by atoms with Crippen LogP contribution in [0.15, 0.2) is 40.4 Å². The molecule has 0 saturated carbocycles. The van der Waals surface area contributed by atoms with Crippen molar-refractivity contribution in [2.75, 3.05) is 6.54 Å². The molecule has 138 valence electrons. The van der Waals surface area contributed by atoms with Gasteiger partial charge in [-0.3, -0.25) is 4.79 Å². The fourth-order valence-corrected chi connectivity index (χ4v) is 3.34. The minimum atomic E-state index is -0.553. The Morgan fingerprint density at radius 2 is 2.04 bits per heavy atom. The summed E-state index contributed by atoms with van der Waals surface area (Å²) in [5.41, 5.74) is -0.491. The van der Waals surface area contributed by atoms with Gasteiger partial charge in [-0.25, -0.2) is 4.79 Å². The van der Waals surface area contributed by atoms with Gasteiger partial charge < -0.3 is 14.2 Å². The van der Waals surface area contributed by atoms with Crippen LogP contribution in [-0.2, 0) is 11.3 Å². The van der Waals surface area contributed by atoms with Crippen molar-refractivity contribution in [3.05, 3.63) is 45.7 Å². The quantitative estimate of drug-likeness (QED) is 0.783. The highest BCUT2D eigenvalue weighted by Crippen LogP contribution is 2.25. The van der Waals surface area contributed by atoms with E-state index in [0.717, 1.165) is 12.8 Å². The molecule has 1 amide bonds. The molecule has 1 aliphatic heterocycles. The van der Waals surface area contributed by atoms with Gasteiger partial charge in [-0.05, 0) is 57.0 Å². The number of nitroso groups, excluding NO2 is 1. The standard InChI is InChI=1S/C19H23N3O4/c1-19(2,3)26-18(24)22-10-5-6-13(22)12-21-11-9-14-15(17(21)23)7-4-8-16(14)20-25/h4,7-9,11,13H,5-6,10,12H2,1-3H3/t13-/m0/s1. The summed E-state index contributed by atoms with van der Waals surface area (Å²) in [6, 6.07) is 6.55. The van der Waals surface area contributed by atoms with Gasteiger partial charge in [0.1, 0.15) is 11.3 Å². The number of nitrogens with zero attached hydrogens (tertiary/aromatic N) is 3. The Hall–Kier alpha value is -2.70. The molecule has 1 fully saturated rings. The van der Waals surface area contributed by atoms with Crippen LogP contribution in [0.5, 0.6) is 0 Å². The molecule has 0 spiro atoms. The maximum Gasteiger partial charge on any atom is 0.410 e. The number of rotatable bonds is 3. The minimum absolute atomic E-state index is 0.0904. The van der Waals surface area contributed by atoms with Gasteiger partial charge in [-0.15, -0.1) is 4.91 Å². The van der Waals surface area contributed by atoms with E-state index >= 15 is 0 Å². The summed E-state index contributed by atoms with van der Waals surface area (Å²) in [6.07, 6.45) is 3.01. The number of likely N-dealkylation sites (tertiary alicyclic amines) is 1. The van der Waals surface area contributed by atoms with Crippen LogP contribution < -0.4 is 5.56 Å². The Morgan fingerprint density at radius 1 is 1.27 bits per heavy atom. The van der Waals surface area contributed by atoms with Crippen LogP contribution >= 0.6 is 0 Å². The molecule has 2 heterocycles. The minimum Gasteiger partial charge on any atom is -0.444 e. The zero-order valence-electron chi connectivity index (χ0n) is 15.3. The Balaban J connectivity index is 1.86. The molecule has 26 heavy (non-hydrogen) atoms. The smallest absolute Gasteiger partial charge is 0.410 e. The van der Waals surface area contributed by atoms with Crippen LogP contribution in [0.3, 0.4) is 0 Å². The first-order chi connectivity index (χ1) is 12.3. The number of carbonyl (C=O) groups is 1. The van der Waals surface area contributed by atoms with Crippen molar-refractivity contribution in [3.63, 3.8) is 0 Å². The van der Waals surface area contributed by atoms with Crippen LogP contribution in [0.1, 0.15) is 33.6 Å². The highest BCUT2D eigenvalue weighted by molar-refractivity contribution is 5.91. The Kier molecular flexibility index (Phi) is 4.80. The van der Waals surface area contributed by atoms with E-state index < -0.39 is 5.60 Å². The summed E-state index contributed by atoms with van der Waals surface area (Å²) in [7, 11) is 0. The highest BCUT2D eigenvalue weighted by Gasteiger charge is 2.32. The number of fused-ring (bicyclic) bond motifs is 1. The van der Waals surface area contributed by atoms with Gasteiger partial charge in [0.15, 0.2) is 0 Å². The molecule has 0 bridgehead atoms. The molecule has 1 atom stereocenters. The van der Waals surface area contributed by atoms with Crippen LogP contribution in [0, 0.1) is 4.91 Å². The van der Waals surface area contributed by atoms with Crippen LogP contribution in [0.25, 0.3) is 10.8 Å². The number of pyridine rings is 1. The first kappa shape index (κ1) is 18.1. The SMILES string of the molecule is CC(C)(C)OC(=O)N1CCC[C@H]1Cn1ccc2c(N=O)cccc2c1=O. The lowest BCUT2D eigenvalue weighted by molar-refractivity contribution is 0.0213. The molecule has 7 heteroatoms. The summed E-state index contributed by atoms with van der Waals surface area (Å²) < 4.78 is 7.06. The summed E-state index contributed by atoms with van der Waals surface area (Å²) >= 11 is 0. The Labute approximate surface area is 151 Å². The Bertz CT molecular complexity index is 898. The molecular formula is C19H23N3O4. The van der Waals surface area contributed by atoms with Crippen LogP contribution in [-0.4, -0.2) is 33.7 Å². The molecule has 7 nitrogen and oxygen atoms in total. The summed E-state index contributed by atoms with van der Waals surface area (Å²) in [6.45, 7) is 6.53. The molecular weight excluding hydrogens is 334 g/mol. The maximum atomic E-state index is 12.8. The second kappa shape index (κ2) is 6.90. The lowest BCUT2D eigenvalue weighted by Gasteiger charge is -2.29. The highest BCUT2D eigenvalue weighted by atomic mass is 16.6. The van der Waals surface area contributed by atoms with Gasteiger partial charge in [0.2, 0.25) is 0 Å². The van der Waals surface area contributed by atoms with Gasteiger partial charge in [0, 0.05) is 30.1 Å². The summed E-state index contributed by atoms with van der Waals surface area (Å²) in [5, 5.41) is 3.97. The first-order valence-corrected chi connectivity index (χ1v) is 8.75. The van der Waals surface area contributed by atoms with E-state index in [4.69, 9.17) is 4.74 Å². The van der Waals surface area contributed by atoms with Crippen LogP contribution in [0.4, 0.5) is 10.5 Å². The third-order valence-corrected chi connectivity index (χ3v) is 4.51. The van der Waals surface area contributed by atoms with Crippen LogP contribution in [0.2, 0.25) is 0 Å². The average molecular weight is 357 g/mol. The van der Waals surface area contributed by atoms with Gasteiger partial charge in [0.05, 0.1) is 6.04 Å². The van der Waals surface area contributed by atoms with Gasteiger partial charge in [0.25, 0.3) is 5.56 Å². The molecule has 1 aliphatic rings. The molecule has 1 saturated heterocycles. The number of aromatic nitrogens is 1.